The van der Waals surface area contributed by atoms with Gasteiger partial charge in [-0.05, 0) is 35.0 Å². The minimum absolute atomic E-state index is 0.148. The van der Waals surface area contributed by atoms with E-state index in [-0.39, 0.29) is 17.1 Å². The van der Waals surface area contributed by atoms with Crippen molar-refractivity contribution in [2.24, 2.45) is 12.8 Å². The highest BCUT2D eigenvalue weighted by Gasteiger charge is 2.32. The molecular weight excluding hydrogens is 400 g/mol. The lowest BCUT2D eigenvalue weighted by atomic mass is 10.1. The van der Waals surface area contributed by atoms with Crippen LogP contribution in [0.4, 0.5) is 5.82 Å². The Balaban J connectivity index is 2.31. The van der Waals surface area contributed by atoms with Gasteiger partial charge >= 0.3 is 5.65 Å². The molecule has 0 aliphatic heterocycles. The van der Waals surface area contributed by atoms with Gasteiger partial charge in [0.1, 0.15) is 22.6 Å². The van der Waals surface area contributed by atoms with Gasteiger partial charge in [0.2, 0.25) is 5.52 Å². The van der Waals surface area contributed by atoms with Crippen LogP contribution in [0, 0.1) is 6.92 Å². The number of benzene rings is 1. The number of fused-ring (bicyclic) bond motifs is 3. The third-order valence-electron chi connectivity index (χ3n) is 5.03. The molecule has 0 bridgehead atoms. The van der Waals surface area contributed by atoms with Gasteiger partial charge in [-0.15, -0.1) is 0 Å². The Morgan fingerprint density at radius 2 is 2.04 bits per heavy atom. The number of anilines is 1. The van der Waals surface area contributed by atoms with Crippen molar-refractivity contribution in [3.8, 4) is 5.75 Å². The van der Waals surface area contributed by atoms with Crippen LogP contribution >= 0.6 is 15.9 Å². The highest BCUT2D eigenvalue weighted by Crippen LogP contribution is 2.40. The first-order chi connectivity index (χ1) is 12.3. The van der Waals surface area contributed by atoms with E-state index in [1.165, 1.54) is 0 Å². The number of aromatic nitrogens is 4. The van der Waals surface area contributed by atoms with Crippen molar-refractivity contribution in [1.82, 2.24) is 13.8 Å². The maximum absolute atomic E-state index is 12.2. The average molecular weight is 414 g/mol. The Morgan fingerprint density at radius 3 is 2.73 bits per heavy atom. The number of nitrogens with zero attached hydrogens (tertiary/aromatic N) is 4. The van der Waals surface area contributed by atoms with Crippen LogP contribution < -0.4 is 16.0 Å². The predicted molar refractivity (Wildman–Crippen MR) is 101 cm³/mol. The Kier molecular flexibility index (Phi) is 2.66. The van der Waals surface area contributed by atoms with E-state index in [1.807, 2.05) is 35.3 Å². The number of hydrogen-bond donors (Lipinski definition) is 3. The SMILES string of the molecule is Cc1c(O)ccc2c1n1c(N)c(C(N)=O)c3c(Br)nc4c(c31)n2c[n+]4C. The summed E-state index contributed by atoms with van der Waals surface area (Å²) in [6.07, 6.45) is 1.91. The molecule has 8 nitrogen and oxygen atoms in total. The zero-order valence-corrected chi connectivity index (χ0v) is 15.5. The molecule has 1 aromatic carbocycles. The van der Waals surface area contributed by atoms with Crippen LogP contribution in [0.2, 0.25) is 0 Å². The molecule has 0 atom stereocenters. The number of imidazole rings is 1. The second-order valence-electron chi connectivity index (χ2n) is 6.43. The van der Waals surface area contributed by atoms with Crippen molar-refractivity contribution in [2.45, 2.75) is 6.92 Å². The topological polar surface area (TPSA) is 115 Å². The fourth-order valence-corrected chi connectivity index (χ4v) is 4.45. The molecule has 130 valence electrons. The summed E-state index contributed by atoms with van der Waals surface area (Å²) in [5.41, 5.74) is 16.7. The summed E-state index contributed by atoms with van der Waals surface area (Å²) >= 11 is 3.47. The minimum atomic E-state index is -0.628. The summed E-state index contributed by atoms with van der Waals surface area (Å²) in [6.45, 7) is 1.81. The third-order valence-corrected chi connectivity index (χ3v) is 5.60. The molecule has 9 heteroatoms. The monoisotopic (exact) mass is 413 g/mol. The van der Waals surface area contributed by atoms with Gasteiger partial charge in [-0.25, -0.2) is 8.97 Å². The maximum Gasteiger partial charge on any atom is 0.305 e. The van der Waals surface area contributed by atoms with Crippen LogP contribution in [0.1, 0.15) is 15.9 Å². The number of pyridine rings is 1. The van der Waals surface area contributed by atoms with E-state index in [2.05, 4.69) is 20.9 Å². The van der Waals surface area contributed by atoms with Crippen LogP contribution in [0.15, 0.2) is 23.1 Å². The number of carbonyl (C=O) groups excluding carboxylic acids is 1. The molecule has 0 aliphatic rings. The minimum Gasteiger partial charge on any atom is -0.508 e. The highest BCUT2D eigenvalue weighted by molar-refractivity contribution is 9.10. The molecule has 5 N–H and O–H groups in total. The number of amides is 1. The second-order valence-corrected chi connectivity index (χ2v) is 7.18. The number of phenolic OH excluding ortho intramolecular Hbond substituents is 1. The summed E-state index contributed by atoms with van der Waals surface area (Å²) in [5, 5.41) is 10.8. The lowest BCUT2D eigenvalue weighted by Gasteiger charge is -2.10. The Morgan fingerprint density at radius 1 is 1.31 bits per heavy atom. The Hall–Kier alpha value is -3.07. The maximum atomic E-state index is 12.2. The fraction of sp³-hybridized carbons (Fsp3) is 0.118. The molecule has 5 rings (SSSR count). The van der Waals surface area contributed by atoms with E-state index >= 15 is 0 Å². The largest absolute Gasteiger partial charge is 0.508 e. The van der Waals surface area contributed by atoms with Gasteiger partial charge in [-0.3, -0.25) is 9.20 Å². The number of nitrogens with two attached hydrogens (primary N) is 2. The molecule has 0 saturated carbocycles. The molecule has 0 saturated heterocycles. The number of carbonyl (C=O) groups is 1. The van der Waals surface area contributed by atoms with E-state index in [0.717, 1.165) is 22.2 Å². The van der Waals surface area contributed by atoms with Crippen molar-refractivity contribution in [3.63, 3.8) is 0 Å². The Labute approximate surface area is 154 Å². The highest BCUT2D eigenvalue weighted by atomic mass is 79.9. The summed E-state index contributed by atoms with van der Waals surface area (Å²) in [7, 11) is 1.90. The van der Waals surface area contributed by atoms with Gasteiger partial charge in [-0.1, -0.05) is 4.98 Å². The first kappa shape index (κ1) is 15.2. The van der Waals surface area contributed by atoms with Crippen molar-refractivity contribution in [2.75, 3.05) is 5.73 Å². The van der Waals surface area contributed by atoms with Gasteiger partial charge in [0.15, 0.2) is 10.9 Å². The van der Waals surface area contributed by atoms with Gasteiger partial charge in [0.25, 0.3) is 5.91 Å². The molecule has 0 spiro atoms. The van der Waals surface area contributed by atoms with Crippen LogP contribution in [0.25, 0.3) is 33.1 Å². The zero-order chi connectivity index (χ0) is 18.5. The van der Waals surface area contributed by atoms with Gasteiger partial charge in [0.05, 0.1) is 23.5 Å². The third kappa shape index (κ3) is 1.52. The molecule has 5 aromatic rings. The number of nitrogen functional groups attached to an aromatic ring is 1. The molecule has 1 amide bonds. The fourth-order valence-electron chi connectivity index (χ4n) is 3.89. The summed E-state index contributed by atoms with van der Waals surface area (Å²) in [6, 6.07) is 3.46. The number of halogens is 1. The molecular formula is C17H14BrN6O2+. The normalized spacial score (nSPS) is 12.3. The lowest BCUT2D eigenvalue weighted by Crippen LogP contribution is -2.26. The molecule has 0 unspecified atom stereocenters. The van der Waals surface area contributed by atoms with E-state index in [0.29, 0.717) is 21.1 Å². The number of aryl methyl sites for hydroxylation is 2. The van der Waals surface area contributed by atoms with E-state index in [9.17, 15) is 9.90 Å². The second kappa shape index (κ2) is 4.55. The summed E-state index contributed by atoms with van der Waals surface area (Å²) < 4.78 is 6.17. The molecule has 0 aliphatic carbocycles. The van der Waals surface area contributed by atoms with Gasteiger partial charge in [-0.2, -0.15) is 0 Å². The molecule has 0 radical (unpaired) electrons. The van der Waals surface area contributed by atoms with Gasteiger partial charge < -0.3 is 16.6 Å². The van der Waals surface area contributed by atoms with E-state index in [4.69, 9.17) is 11.5 Å². The number of aromatic hydroxyl groups is 1. The number of rotatable bonds is 1. The number of hydrogen-bond acceptors (Lipinski definition) is 4. The predicted octanol–water partition coefficient (Wildman–Crippen LogP) is 1.61. The Bertz CT molecular complexity index is 1410. The van der Waals surface area contributed by atoms with Crippen molar-refractivity contribution < 1.29 is 14.5 Å². The summed E-state index contributed by atoms with van der Waals surface area (Å²) in [4.78, 5) is 16.8. The van der Waals surface area contributed by atoms with Crippen molar-refractivity contribution in [1.29, 1.82) is 0 Å². The van der Waals surface area contributed by atoms with Crippen molar-refractivity contribution >= 4 is 60.8 Å². The van der Waals surface area contributed by atoms with Crippen LogP contribution in [0.3, 0.4) is 0 Å². The first-order valence-corrected chi connectivity index (χ1v) is 8.65. The molecule has 0 fully saturated rings. The molecule has 26 heavy (non-hydrogen) atoms. The quantitative estimate of drug-likeness (QED) is 0.220. The molecule has 4 aromatic heterocycles. The lowest BCUT2D eigenvalue weighted by molar-refractivity contribution is -0.647. The zero-order valence-electron chi connectivity index (χ0n) is 13.9. The first-order valence-electron chi connectivity index (χ1n) is 7.86. The van der Waals surface area contributed by atoms with Crippen LogP contribution in [0.5, 0.6) is 5.75 Å². The smallest absolute Gasteiger partial charge is 0.305 e. The van der Waals surface area contributed by atoms with Crippen LogP contribution in [-0.2, 0) is 7.05 Å². The van der Waals surface area contributed by atoms with E-state index in [1.54, 1.807) is 10.5 Å². The van der Waals surface area contributed by atoms with E-state index < -0.39 is 5.91 Å². The number of phenols is 1. The number of primary amides is 1. The standard InChI is InChI=1S/C17H13BrN6O2/c1-6-8(25)4-3-7-11(6)24-12-9(10(15(24)19)16(20)26)14(18)21-17-13(12)23(7)5-22(17)2/h3-5H,1-2H3,(H4-,19,20,25,26)/p+1. The van der Waals surface area contributed by atoms with Gasteiger partial charge in [0, 0.05) is 5.56 Å². The molecule has 4 heterocycles. The van der Waals surface area contributed by atoms with Crippen LogP contribution in [-0.4, -0.2) is 24.8 Å². The average Bonchev–Trinajstić information content (AvgIpc) is 3.06. The summed E-state index contributed by atoms with van der Waals surface area (Å²) in [5.74, 6) is -0.251. The van der Waals surface area contributed by atoms with Crippen molar-refractivity contribution in [3.05, 3.63) is 34.2 Å².